The van der Waals surface area contributed by atoms with E-state index < -0.39 is 74.8 Å². The molecule has 13 nitrogen and oxygen atoms in total. The van der Waals surface area contributed by atoms with E-state index in [-0.39, 0.29) is 47.0 Å². The molecule has 0 aromatic heterocycles. The molecule has 0 aliphatic carbocycles. The van der Waals surface area contributed by atoms with Crippen molar-refractivity contribution >= 4 is 63.1 Å². The molecule has 54 heavy (non-hydrogen) atoms. The highest BCUT2D eigenvalue weighted by Crippen LogP contribution is 2.50. The zero-order valence-electron chi connectivity index (χ0n) is 30.5. The number of non-ortho nitro benzene ring substituents is 1. The van der Waals surface area contributed by atoms with E-state index in [2.05, 4.69) is 5.92 Å². The number of nitro benzene ring substituents is 1. The summed E-state index contributed by atoms with van der Waals surface area (Å²) in [5.41, 5.74) is 0.102. The molecule has 0 spiro atoms. The number of ether oxygens (including phenoxy) is 1. The highest BCUT2D eigenvalue weighted by atomic mass is 35.5. The average Bonchev–Trinajstić information content (AvgIpc) is 3.41. The smallest absolute Gasteiger partial charge is 0.314 e. The van der Waals surface area contributed by atoms with Gasteiger partial charge >= 0.3 is 5.97 Å². The highest BCUT2D eigenvalue weighted by molar-refractivity contribution is 7.89. The molecule has 1 unspecified atom stereocenters. The van der Waals surface area contributed by atoms with E-state index in [0.717, 1.165) is 34.1 Å². The van der Waals surface area contributed by atoms with Crippen molar-refractivity contribution in [1.82, 2.24) is 4.31 Å². The zero-order valence-corrected chi connectivity index (χ0v) is 33.9. The summed E-state index contributed by atoms with van der Waals surface area (Å²) >= 11 is 7.55. The van der Waals surface area contributed by atoms with Gasteiger partial charge in [0.1, 0.15) is 10.5 Å². The molecule has 3 aromatic rings. The van der Waals surface area contributed by atoms with Crippen LogP contribution in [0.25, 0.3) is 0 Å². The predicted molar refractivity (Wildman–Crippen MR) is 206 cm³/mol. The first-order chi connectivity index (χ1) is 25.2. The first-order valence-electron chi connectivity index (χ1n) is 17.1. The molecule has 0 radical (unpaired) electrons. The molecule has 2 aliphatic heterocycles. The molecule has 0 bridgehead atoms. The topological polar surface area (TPSA) is 172 Å². The van der Waals surface area contributed by atoms with Gasteiger partial charge in [0.2, 0.25) is 10.0 Å². The van der Waals surface area contributed by atoms with E-state index in [1.54, 1.807) is 36.4 Å². The number of para-hydroxylation sites is 1. The number of rotatable bonds is 10. The fourth-order valence-electron chi connectivity index (χ4n) is 6.91. The van der Waals surface area contributed by atoms with E-state index in [4.69, 9.17) is 36.4 Å². The lowest BCUT2D eigenvalue weighted by atomic mass is 9.79. The molecular formula is C37H42ClN3O10S2Si. The van der Waals surface area contributed by atoms with E-state index in [9.17, 15) is 31.7 Å². The van der Waals surface area contributed by atoms with Crippen molar-refractivity contribution in [3.63, 3.8) is 0 Å². The van der Waals surface area contributed by atoms with E-state index in [1.807, 2.05) is 26.6 Å². The Hall–Kier alpha value is -3.95. The summed E-state index contributed by atoms with van der Waals surface area (Å²) in [5.74, 6) is 0.0358. The van der Waals surface area contributed by atoms with Crippen LogP contribution in [0, 0.1) is 41.2 Å². The molecule has 1 fully saturated rings. The summed E-state index contributed by atoms with van der Waals surface area (Å²) in [5, 5.41) is 11.4. The van der Waals surface area contributed by atoms with Crippen LogP contribution in [0.5, 0.6) is 0 Å². The van der Waals surface area contributed by atoms with E-state index >= 15 is 0 Å². The Morgan fingerprint density at radius 3 is 2.28 bits per heavy atom. The summed E-state index contributed by atoms with van der Waals surface area (Å²) in [7, 11) is -10.2. The Kier molecular flexibility index (Phi) is 11.9. The Balaban J connectivity index is 1.69. The number of carbonyl (C=O) groups excluding carboxylic acids is 1. The van der Waals surface area contributed by atoms with Crippen molar-refractivity contribution in [3.8, 4) is 12.3 Å². The van der Waals surface area contributed by atoms with Crippen LogP contribution in [0.1, 0.15) is 30.4 Å². The molecule has 1 saturated heterocycles. The van der Waals surface area contributed by atoms with Gasteiger partial charge in [0.05, 0.1) is 52.3 Å². The molecule has 0 saturated carbocycles. The maximum absolute atomic E-state index is 14.6. The van der Waals surface area contributed by atoms with Crippen LogP contribution in [-0.4, -0.2) is 78.5 Å². The monoisotopic (exact) mass is 815 g/mol. The number of alkyl halides is 1. The molecule has 3 aromatic carbocycles. The number of hydrogen-bond donors (Lipinski definition) is 0. The van der Waals surface area contributed by atoms with Crippen molar-refractivity contribution in [2.45, 2.75) is 66.1 Å². The van der Waals surface area contributed by atoms with Gasteiger partial charge in [-0.3, -0.25) is 24.1 Å². The number of aryl methyl sites for hydroxylation is 1. The second kappa shape index (κ2) is 15.7. The molecular weight excluding hydrogens is 774 g/mol. The SMILES string of the molecule is C#C[C@]1(O[Si](C)(C)C)C[C@H](COS(=O)(=O)c2ccc(C)cc2)C[C@@H](C(=O)OC)C2=Nc3ccccc3C2(Cl)CCN(S(=O)(=O)c2ccc([N+](=O)[O-])cc2)C1. The van der Waals surface area contributed by atoms with E-state index in [0.29, 0.717) is 11.3 Å². The third-order valence-corrected chi connectivity index (χ3v) is 14.1. The number of nitrogens with zero attached hydrogens (tertiary/aromatic N) is 3. The average molecular weight is 816 g/mol. The Morgan fingerprint density at radius 2 is 1.69 bits per heavy atom. The largest absolute Gasteiger partial charge is 0.469 e. The number of carbonyl (C=O) groups is 1. The summed E-state index contributed by atoms with van der Waals surface area (Å²) in [6, 6.07) is 17.6. The Bertz CT molecular complexity index is 2210. The molecule has 2 aliphatic rings. The van der Waals surface area contributed by atoms with Crippen molar-refractivity contribution in [1.29, 1.82) is 0 Å². The van der Waals surface area contributed by atoms with Gasteiger partial charge in [-0.15, -0.1) is 18.0 Å². The third-order valence-electron chi connectivity index (χ3n) is 9.34. The van der Waals surface area contributed by atoms with Crippen LogP contribution in [0.4, 0.5) is 11.4 Å². The summed E-state index contributed by atoms with van der Waals surface area (Å²) in [6.07, 6.45) is 5.97. The summed E-state index contributed by atoms with van der Waals surface area (Å²) in [4.78, 5) is 27.5. The van der Waals surface area contributed by atoms with Gasteiger partial charge in [0.15, 0.2) is 8.32 Å². The first-order valence-corrected chi connectivity index (χ1v) is 23.7. The van der Waals surface area contributed by atoms with Crippen LogP contribution in [-0.2, 0) is 43.2 Å². The number of methoxy groups -OCH3 is 1. The maximum Gasteiger partial charge on any atom is 0.314 e. The van der Waals surface area contributed by atoms with E-state index in [1.165, 1.54) is 19.2 Å². The number of aliphatic imine (C=N–C) groups is 1. The van der Waals surface area contributed by atoms with Gasteiger partial charge in [-0.05, 0) is 82.1 Å². The number of hydrogen-bond acceptors (Lipinski definition) is 11. The van der Waals surface area contributed by atoms with Crippen LogP contribution in [0.15, 0.2) is 87.6 Å². The van der Waals surface area contributed by atoms with Gasteiger partial charge in [-0.2, -0.15) is 12.7 Å². The van der Waals surface area contributed by atoms with Gasteiger partial charge in [0, 0.05) is 24.2 Å². The minimum atomic E-state index is -4.45. The quantitative estimate of drug-likeness (QED) is 0.0428. The fraction of sp³-hybridized carbons (Fsp3) is 0.405. The first kappa shape index (κ1) is 41.2. The number of benzene rings is 3. The number of esters is 1. The van der Waals surface area contributed by atoms with Crippen LogP contribution < -0.4 is 0 Å². The van der Waals surface area contributed by atoms with Crippen LogP contribution >= 0.6 is 11.6 Å². The Labute approximate surface area is 322 Å². The van der Waals surface area contributed by atoms with Crippen LogP contribution in [0.3, 0.4) is 0 Å². The molecule has 0 amide bonds. The van der Waals surface area contributed by atoms with Gasteiger partial charge in [-0.25, -0.2) is 8.42 Å². The van der Waals surface area contributed by atoms with Crippen molar-refractivity contribution in [3.05, 3.63) is 94.0 Å². The minimum Gasteiger partial charge on any atom is -0.469 e. The maximum atomic E-state index is 14.6. The lowest BCUT2D eigenvalue weighted by Crippen LogP contribution is -2.52. The van der Waals surface area contributed by atoms with Crippen molar-refractivity contribution in [2.24, 2.45) is 16.8 Å². The van der Waals surface area contributed by atoms with Crippen molar-refractivity contribution in [2.75, 3.05) is 26.8 Å². The number of fused-ring (bicyclic) bond motifs is 3. The Morgan fingerprint density at radius 1 is 1.06 bits per heavy atom. The van der Waals surface area contributed by atoms with Gasteiger partial charge in [0.25, 0.3) is 15.8 Å². The lowest BCUT2D eigenvalue weighted by Gasteiger charge is -2.40. The van der Waals surface area contributed by atoms with Gasteiger partial charge in [-0.1, -0.05) is 41.8 Å². The number of halogens is 1. The van der Waals surface area contributed by atoms with Crippen molar-refractivity contribution < 1.29 is 39.9 Å². The molecule has 17 heteroatoms. The molecule has 5 rings (SSSR count). The second-order valence-corrected chi connectivity index (χ2v) is 23.1. The summed E-state index contributed by atoms with van der Waals surface area (Å²) < 4.78 is 74.8. The number of sulfonamides is 1. The second-order valence-electron chi connectivity index (χ2n) is 14.4. The normalized spacial score (nSPS) is 23.9. The number of terminal acetylenes is 1. The fourth-order valence-corrected chi connectivity index (χ4v) is 11.2. The molecule has 288 valence electrons. The highest BCUT2D eigenvalue weighted by Gasteiger charge is 2.51. The number of nitro groups is 1. The third kappa shape index (κ3) is 8.78. The standard InChI is InChI=1S/C37H42ClN3O10S2Si/c1-7-36(51-54(4,5)6)23-27(24-50-53(47,48)30-16-12-26(2)13-17-30)22-31(35(42)49-3)34-37(38,32-10-8-9-11-33(32)39-34)20-21-40(25-36)52(45,46)29-18-14-28(15-19-29)41(43)44/h1,8-19,27,31H,20-25H2,2-6H3/t27-,31-,36+,37?/m1/s1. The molecule has 0 N–H and O–H groups in total. The predicted octanol–water partition coefficient (Wildman–Crippen LogP) is 6.33. The zero-order chi connectivity index (χ0) is 39.7. The molecule has 4 atom stereocenters. The van der Waals surface area contributed by atoms with Crippen LogP contribution in [0.2, 0.25) is 19.6 Å². The minimum absolute atomic E-state index is 0.0772. The summed E-state index contributed by atoms with van der Waals surface area (Å²) in [6.45, 7) is 6.33. The van der Waals surface area contributed by atoms with Gasteiger partial charge < -0.3 is 9.16 Å². The molecule has 2 heterocycles. The lowest BCUT2D eigenvalue weighted by molar-refractivity contribution is -0.384.